The number of hydrogen-bond acceptors (Lipinski definition) is 2. The van der Waals surface area contributed by atoms with Gasteiger partial charge in [-0.1, -0.05) is 43.5 Å². The predicted octanol–water partition coefficient (Wildman–Crippen LogP) is 2.85. The van der Waals surface area contributed by atoms with Crippen LogP contribution in [0, 0.1) is 12.3 Å². The van der Waals surface area contributed by atoms with Crippen LogP contribution in [0.15, 0.2) is 18.2 Å². The maximum absolute atomic E-state index is 6.06. The highest BCUT2D eigenvalue weighted by Crippen LogP contribution is 2.28. The van der Waals surface area contributed by atoms with Crippen LogP contribution in [0.25, 0.3) is 0 Å². The molecule has 2 nitrogen and oxygen atoms in total. The normalized spacial score (nSPS) is 10.2. The van der Waals surface area contributed by atoms with Gasteiger partial charge in [-0.15, -0.1) is 6.42 Å². The smallest absolute Gasteiger partial charge is 0.148 e. The zero-order chi connectivity index (χ0) is 12.0. The van der Waals surface area contributed by atoms with Gasteiger partial charge in [-0.05, 0) is 6.07 Å². The fourth-order valence-electron chi connectivity index (χ4n) is 1.28. The number of halogens is 1. The fourth-order valence-corrected chi connectivity index (χ4v) is 1.53. The third kappa shape index (κ3) is 3.77. The van der Waals surface area contributed by atoms with Crippen molar-refractivity contribution in [3.63, 3.8) is 0 Å². The van der Waals surface area contributed by atoms with Crippen LogP contribution in [-0.4, -0.2) is 12.6 Å². The molecule has 1 aromatic carbocycles. The Balaban J connectivity index is 2.81. The summed E-state index contributed by atoms with van der Waals surface area (Å²) < 4.78 is 5.44. The zero-order valence-corrected chi connectivity index (χ0v) is 10.3. The Hall–Kier alpha value is -1.17. The van der Waals surface area contributed by atoms with Gasteiger partial charge in [0.25, 0.3) is 0 Å². The van der Waals surface area contributed by atoms with E-state index in [-0.39, 0.29) is 6.61 Å². The first-order valence-electron chi connectivity index (χ1n) is 5.22. The Morgan fingerprint density at radius 2 is 2.25 bits per heavy atom. The van der Waals surface area contributed by atoms with Gasteiger partial charge >= 0.3 is 0 Å². The van der Waals surface area contributed by atoms with Crippen LogP contribution in [0.1, 0.15) is 19.4 Å². The van der Waals surface area contributed by atoms with E-state index in [4.69, 9.17) is 22.8 Å². The SMILES string of the molecule is C#CCOc1c(Cl)cccc1CNC(C)C. The van der Waals surface area contributed by atoms with Crippen molar-refractivity contribution in [2.45, 2.75) is 26.4 Å². The van der Waals surface area contributed by atoms with E-state index in [2.05, 4.69) is 25.1 Å². The van der Waals surface area contributed by atoms with Crippen molar-refractivity contribution in [1.82, 2.24) is 5.32 Å². The summed E-state index contributed by atoms with van der Waals surface area (Å²) in [6.07, 6.45) is 5.16. The first-order chi connectivity index (χ1) is 7.65. The summed E-state index contributed by atoms with van der Waals surface area (Å²) in [5.41, 5.74) is 1.02. The second-order valence-electron chi connectivity index (χ2n) is 3.76. The van der Waals surface area contributed by atoms with Gasteiger partial charge in [0.15, 0.2) is 0 Å². The predicted molar refractivity (Wildman–Crippen MR) is 67.8 cm³/mol. The Bertz CT molecular complexity index is 382. The summed E-state index contributed by atoms with van der Waals surface area (Å²) in [7, 11) is 0. The molecule has 16 heavy (non-hydrogen) atoms. The van der Waals surface area contributed by atoms with Crippen LogP contribution in [0.2, 0.25) is 5.02 Å². The van der Waals surface area contributed by atoms with Crippen molar-refractivity contribution < 1.29 is 4.74 Å². The van der Waals surface area contributed by atoms with Crippen LogP contribution < -0.4 is 10.1 Å². The molecule has 0 amide bonds. The molecule has 0 radical (unpaired) electrons. The minimum Gasteiger partial charge on any atom is -0.479 e. The van der Waals surface area contributed by atoms with Gasteiger partial charge in [-0.3, -0.25) is 0 Å². The number of ether oxygens (including phenoxy) is 1. The van der Waals surface area contributed by atoms with E-state index in [0.717, 1.165) is 12.1 Å². The molecule has 0 saturated heterocycles. The van der Waals surface area contributed by atoms with Gasteiger partial charge in [0, 0.05) is 18.2 Å². The number of rotatable bonds is 5. The van der Waals surface area contributed by atoms with Crippen LogP contribution in [0.5, 0.6) is 5.75 Å². The summed E-state index contributed by atoms with van der Waals surface area (Å²) >= 11 is 6.06. The lowest BCUT2D eigenvalue weighted by atomic mass is 10.2. The van der Waals surface area contributed by atoms with E-state index in [1.807, 2.05) is 12.1 Å². The molecule has 1 N–H and O–H groups in total. The Labute approximate surface area is 102 Å². The lowest BCUT2D eigenvalue weighted by molar-refractivity contribution is 0.364. The molecule has 1 aromatic rings. The van der Waals surface area contributed by atoms with Crippen molar-refractivity contribution in [1.29, 1.82) is 0 Å². The van der Waals surface area contributed by atoms with Crippen molar-refractivity contribution in [3.05, 3.63) is 28.8 Å². The molecule has 0 bridgehead atoms. The lowest BCUT2D eigenvalue weighted by Gasteiger charge is -2.13. The number of nitrogens with one attached hydrogen (secondary N) is 1. The molecule has 3 heteroatoms. The van der Waals surface area contributed by atoms with Crippen molar-refractivity contribution in [2.24, 2.45) is 0 Å². The van der Waals surface area contributed by atoms with Gasteiger partial charge < -0.3 is 10.1 Å². The number of benzene rings is 1. The lowest BCUT2D eigenvalue weighted by Crippen LogP contribution is -2.22. The van der Waals surface area contributed by atoms with E-state index in [9.17, 15) is 0 Å². The van der Waals surface area contributed by atoms with Crippen LogP contribution in [0.3, 0.4) is 0 Å². The van der Waals surface area contributed by atoms with E-state index < -0.39 is 0 Å². The first kappa shape index (κ1) is 12.9. The molecule has 0 unspecified atom stereocenters. The van der Waals surface area contributed by atoms with E-state index in [1.165, 1.54) is 0 Å². The summed E-state index contributed by atoms with van der Waals surface area (Å²) in [6.45, 7) is 5.13. The highest BCUT2D eigenvalue weighted by molar-refractivity contribution is 6.32. The van der Waals surface area contributed by atoms with Crippen LogP contribution in [0.4, 0.5) is 0 Å². The summed E-state index contributed by atoms with van der Waals surface area (Å²) in [6, 6.07) is 6.10. The molecular weight excluding hydrogens is 222 g/mol. The monoisotopic (exact) mass is 237 g/mol. The molecule has 0 spiro atoms. The Morgan fingerprint density at radius 3 is 2.88 bits per heavy atom. The average molecular weight is 238 g/mol. The quantitative estimate of drug-likeness (QED) is 0.796. The van der Waals surface area contributed by atoms with Gasteiger partial charge in [0.1, 0.15) is 12.4 Å². The highest BCUT2D eigenvalue weighted by atomic mass is 35.5. The van der Waals surface area contributed by atoms with E-state index in [0.29, 0.717) is 16.8 Å². The summed E-state index contributed by atoms with van der Waals surface area (Å²) in [4.78, 5) is 0. The molecule has 0 heterocycles. The molecule has 0 aliphatic heterocycles. The standard InChI is InChI=1S/C13H16ClNO/c1-4-8-16-13-11(9-15-10(2)3)6-5-7-12(13)14/h1,5-7,10,15H,8-9H2,2-3H3. The van der Waals surface area contributed by atoms with Gasteiger partial charge in [0.05, 0.1) is 5.02 Å². The number of hydrogen-bond donors (Lipinski definition) is 1. The maximum Gasteiger partial charge on any atom is 0.148 e. The topological polar surface area (TPSA) is 21.3 Å². The minimum atomic E-state index is 0.235. The second kappa shape index (κ2) is 6.42. The molecule has 1 rings (SSSR count). The number of para-hydroxylation sites is 1. The molecule has 0 fully saturated rings. The van der Waals surface area contributed by atoms with Crippen LogP contribution >= 0.6 is 11.6 Å². The Kier molecular flexibility index (Phi) is 5.18. The zero-order valence-electron chi connectivity index (χ0n) is 9.59. The molecule has 0 atom stereocenters. The van der Waals surface area contributed by atoms with Crippen molar-refractivity contribution >= 4 is 11.6 Å². The largest absolute Gasteiger partial charge is 0.479 e. The van der Waals surface area contributed by atoms with Crippen LogP contribution in [-0.2, 0) is 6.54 Å². The summed E-state index contributed by atoms with van der Waals surface area (Å²) in [5, 5.41) is 3.91. The molecule has 86 valence electrons. The third-order valence-corrected chi connectivity index (χ3v) is 2.35. The van der Waals surface area contributed by atoms with Crippen molar-refractivity contribution in [3.8, 4) is 18.1 Å². The fraction of sp³-hybridized carbons (Fsp3) is 0.385. The van der Waals surface area contributed by atoms with Crippen molar-refractivity contribution in [2.75, 3.05) is 6.61 Å². The Morgan fingerprint density at radius 1 is 1.50 bits per heavy atom. The van der Waals surface area contributed by atoms with E-state index >= 15 is 0 Å². The first-order valence-corrected chi connectivity index (χ1v) is 5.60. The summed E-state index contributed by atoms with van der Waals surface area (Å²) in [5.74, 6) is 3.11. The molecule has 0 aliphatic rings. The molecule has 0 saturated carbocycles. The molecular formula is C13H16ClNO. The average Bonchev–Trinajstić information content (AvgIpc) is 2.25. The molecule has 0 aliphatic carbocycles. The third-order valence-electron chi connectivity index (χ3n) is 2.05. The van der Waals surface area contributed by atoms with E-state index in [1.54, 1.807) is 6.07 Å². The van der Waals surface area contributed by atoms with Gasteiger partial charge in [-0.25, -0.2) is 0 Å². The highest BCUT2D eigenvalue weighted by Gasteiger charge is 2.08. The van der Waals surface area contributed by atoms with Gasteiger partial charge in [0.2, 0.25) is 0 Å². The maximum atomic E-state index is 6.06. The number of terminal acetylenes is 1. The minimum absolute atomic E-state index is 0.235. The van der Waals surface area contributed by atoms with Gasteiger partial charge in [-0.2, -0.15) is 0 Å². The molecule has 0 aromatic heterocycles. The second-order valence-corrected chi connectivity index (χ2v) is 4.16.